The summed E-state index contributed by atoms with van der Waals surface area (Å²) < 4.78 is 0. The molecule has 4 nitrogen and oxygen atoms in total. The lowest BCUT2D eigenvalue weighted by molar-refractivity contribution is 0.101. The van der Waals surface area contributed by atoms with Crippen molar-refractivity contribution in [1.82, 2.24) is 4.98 Å². The maximum absolute atomic E-state index is 12.1. The van der Waals surface area contributed by atoms with Crippen molar-refractivity contribution >= 4 is 40.6 Å². The molecule has 0 saturated carbocycles. The van der Waals surface area contributed by atoms with Gasteiger partial charge in [-0.1, -0.05) is 35.3 Å². The molecule has 1 amide bonds. The first-order valence-electron chi connectivity index (χ1n) is 5.71. The second-order valence-electron chi connectivity index (χ2n) is 4.09. The minimum atomic E-state index is -0.378. The second kappa shape index (κ2) is 6.03. The molecule has 1 aromatic heterocycles. The third kappa shape index (κ3) is 3.56. The van der Waals surface area contributed by atoms with Crippen LogP contribution in [-0.2, 0) is 0 Å². The van der Waals surface area contributed by atoms with Crippen LogP contribution in [0.2, 0.25) is 10.3 Å². The third-order valence-electron chi connectivity index (χ3n) is 2.55. The van der Waals surface area contributed by atoms with Gasteiger partial charge in [0.2, 0.25) is 0 Å². The summed E-state index contributed by atoms with van der Waals surface area (Å²) in [5.41, 5.74) is 1.34. The molecule has 1 aromatic carbocycles. The highest BCUT2D eigenvalue weighted by Gasteiger charge is 2.10. The number of halogens is 2. The highest BCUT2D eigenvalue weighted by molar-refractivity contribution is 6.33. The minimum absolute atomic E-state index is 0.0731. The molecule has 0 bridgehead atoms. The van der Waals surface area contributed by atoms with Crippen LogP contribution in [0.3, 0.4) is 0 Å². The van der Waals surface area contributed by atoms with Gasteiger partial charge in [-0.05, 0) is 31.2 Å². The number of Topliss-reactive ketones (excluding diaryl/α,β-unsaturated/α-hetero) is 1. The van der Waals surface area contributed by atoms with Gasteiger partial charge in [-0.3, -0.25) is 9.59 Å². The number of aromatic nitrogens is 1. The quantitative estimate of drug-likeness (QED) is 0.692. The Morgan fingerprint density at radius 3 is 2.30 bits per heavy atom. The van der Waals surface area contributed by atoms with E-state index in [-0.39, 0.29) is 22.0 Å². The number of benzene rings is 1. The molecule has 2 rings (SSSR count). The SMILES string of the molecule is CC(=O)c1cccc(NC(=O)c2cc(Cl)nc(Cl)c2)c1. The number of rotatable bonds is 3. The van der Waals surface area contributed by atoms with Crippen molar-refractivity contribution in [3.05, 3.63) is 57.8 Å². The number of hydrogen-bond acceptors (Lipinski definition) is 3. The average Bonchev–Trinajstić information content (AvgIpc) is 2.37. The fourth-order valence-electron chi connectivity index (χ4n) is 1.62. The summed E-state index contributed by atoms with van der Waals surface area (Å²) in [6.45, 7) is 1.46. The van der Waals surface area contributed by atoms with Crippen LogP contribution in [0.5, 0.6) is 0 Å². The lowest BCUT2D eigenvalue weighted by Gasteiger charge is -2.07. The van der Waals surface area contributed by atoms with Crippen LogP contribution >= 0.6 is 23.2 Å². The second-order valence-corrected chi connectivity index (χ2v) is 4.87. The summed E-state index contributed by atoms with van der Waals surface area (Å²) in [6, 6.07) is 9.49. The van der Waals surface area contributed by atoms with Gasteiger partial charge < -0.3 is 5.32 Å². The van der Waals surface area contributed by atoms with E-state index >= 15 is 0 Å². The zero-order valence-corrected chi connectivity index (χ0v) is 12.0. The van der Waals surface area contributed by atoms with E-state index in [0.717, 1.165) is 0 Å². The van der Waals surface area contributed by atoms with Gasteiger partial charge in [0.05, 0.1) is 0 Å². The molecule has 0 atom stereocenters. The Morgan fingerprint density at radius 1 is 1.05 bits per heavy atom. The Labute approximate surface area is 125 Å². The van der Waals surface area contributed by atoms with E-state index in [1.165, 1.54) is 19.1 Å². The Morgan fingerprint density at radius 2 is 1.70 bits per heavy atom. The first-order valence-corrected chi connectivity index (χ1v) is 6.47. The van der Waals surface area contributed by atoms with Crippen LogP contribution in [0.1, 0.15) is 27.6 Å². The highest BCUT2D eigenvalue weighted by atomic mass is 35.5. The molecule has 2 aromatic rings. The van der Waals surface area contributed by atoms with Crippen LogP contribution in [0, 0.1) is 0 Å². The van der Waals surface area contributed by atoms with Crippen molar-refractivity contribution in [2.45, 2.75) is 6.92 Å². The number of nitrogens with zero attached hydrogens (tertiary/aromatic N) is 1. The summed E-state index contributed by atoms with van der Waals surface area (Å²) in [4.78, 5) is 27.1. The van der Waals surface area contributed by atoms with Crippen LogP contribution in [0.25, 0.3) is 0 Å². The minimum Gasteiger partial charge on any atom is -0.322 e. The van der Waals surface area contributed by atoms with Crippen LogP contribution < -0.4 is 5.32 Å². The van der Waals surface area contributed by atoms with Crippen LogP contribution in [-0.4, -0.2) is 16.7 Å². The van der Waals surface area contributed by atoms with Crippen molar-refractivity contribution in [2.75, 3.05) is 5.32 Å². The monoisotopic (exact) mass is 308 g/mol. The van der Waals surface area contributed by atoms with Gasteiger partial charge in [0.1, 0.15) is 10.3 Å². The maximum atomic E-state index is 12.1. The molecule has 20 heavy (non-hydrogen) atoms. The zero-order valence-electron chi connectivity index (χ0n) is 10.5. The third-order valence-corrected chi connectivity index (χ3v) is 2.94. The van der Waals surface area contributed by atoms with Gasteiger partial charge >= 0.3 is 0 Å². The number of hydrogen-bond donors (Lipinski definition) is 1. The summed E-state index contributed by atoms with van der Waals surface area (Å²) in [6.07, 6.45) is 0. The number of pyridine rings is 1. The number of nitrogens with one attached hydrogen (secondary N) is 1. The van der Waals surface area contributed by atoms with Gasteiger partial charge in [-0.15, -0.1) is 0 Å². The van der Waals surface area contributed by atoms with Crippen LogP contribution in [0.4, 0.5) is 5.69 Å². The van der Waals surface area contributed by atoms with Crippen molar-refractivity contribution < 1.29 is 9.59 Å². The molecule has 1 N–H and O–H groups in total. The fourth-order valence-corrected chi connectivity index (χ4v) is 2.08. The maximum Gasteiger partial charge on any atom is 0.255 e. The predicted molar refractivity (Wildman–Crippen MR) is 78.7 cm³/mol. The number of ketones is 1. The number of carbonyl (C=O) groups excluding carboxylic acids is 2. The van der Waals surface area contributed by atoms with Gasteiger partial charge in [0.15, 0.2) is 5.78 Å². The van der Waals surface area contributed by atoms with E-state index in [1.807, 2.05) is 0 Å². The van der Waals surface area contributed by atoms with Crippen molar-refractivity contribution in [3.8, 4) is 0 Å². The molecule has 0 fully saturated rings. The summed E-state index contributed by atoms with van der Waals surface area (Å²) >= 11 is 11.5. The molecule has 0 spiro atoms. The predicted octanol–water partition coefficient (Wildman–Crippen LogP) is 3.84. The van der Waals surface area contributed by atoms with E-state index in [0.29, 0.717) is 16.8 Å². The summed E-state index contributed by atoms with van der Waals surface area (Å²) in [5.74, 6) is -0.451. The van der Waals surface area contributed by atoms with Crippen molar-refractivity contribution in [1.29, 1.82) is 0 Å². The van der Waals surface area contributed by atoms with E-state index in [1.54, 1.807) is 24.3 Å². The molecule has 6 heteroatoms. The van der Waals surface area contributed by atoms with Gasteiger partial charge in [-0.2, -0.15) is 0 Å². The van der Waals surface area contributed by atoms with Crippen molar-refractivity contribution in [3.63, 3.8) is 0 Å². The highest BCUT2D eigenvalue weighted by Crippen LogP contribution is 2.17. The fraction of sp³-hybridized carbons (Fsp3) is 0.0714. The molecule has 0 aliphatic heterocycles. The first kappa shape index (κ1) is 14.5. The molecule has 0 aliphatic carbocycles. The summed E-state index contributed by atoms with van der Waals surface area (Å²) in [5, 5.41) is 2.95. The molecular formula is C14H10Cl2N2O2. The van der Waals surface area contributed by atoms with E-state index < -0.39 is 0 Å². The largest absolute Gasteiger partial charge is 0.322 e. The lowest BCUT2D eigenvalue weighted by atomic mass is 10.1. The van der Waals surface area contributed by atoms with Crippen molar-refractivity contribution in [2.24, 2.45) is 0 Å². The number of carbonyl (C=O) groups is 2. The topological polar surface area (TPSA) is 59.1 Å². The van der Waals surface area contributed by atoms with E-state index in [9.17, 15) is 9.59 Å². The molecule has 0 unspecified atom stereocenters. The molecule has 0 radical (unpaired) electrons. The number of anilines is 1. The Hall–Kier alpha value is -1.91. The average molecular weight is 309 g/mol. The lowest BCUT2D eigenvalue weighted by Crippen LogP contribution is -2.12. The van der Waals surface area contributed by atoms with Gasteiger partial charge in [0, 0.05) is 16.8 Å². The smallest absolute Gasteiger partial charge is 0.255 e. The van der Waals surface area contributed by atoms with Crippen LogP contribution in [0.15, 0.2) is 36.4 Å². The summed E-state index contributed by atoms with van der Waals surface area (Å²) in [7, 11) is 0. The zero-order chi connectivity index (χ0) is 14.7. The molecular weight excluding hydrogens is 299 g/mol. The Balaban J connectivity index is 2.23. The Bertz CT molecular complexity index is 666. The van der Waals surface area contributed by atoms with E-state index in [2.05, 4.69) is 10.3 Å². The standard InChI is InChI=1S/C14H10Cl2N2O2/c1-8(19)9-3-2-4-11(5-9)17-14(20)10-6-12(15)18-13(16)7-10/h2-7H,1H3,(H,17,20). The number of amides is 1. The van der Waals surface area contributed by atoms with Gasteiger partial charge in [0.25, 0.3) is 5.91 Å². The van der Waals surface area contributed by atoms with Gasteiger partial charge in [-0.25, -0.2) is 4.98 Å². The molecule has 1 heterocycles. The molecule has 0 aliphatic rings. The first-order chi connectivity index (χ1) is 9.45. The molecule has 0 saturated heterocycles. The normalized spacial score (nSPS) is 10.2. The Kier molecular flexibility index (Phi) is 4.37. The molecule has 102 valence electrons. The van der Waals surface area contributed by atoms with E-state index in [4.69, 9.17) is 23.2 Å².